The lowest BCUT2D eigenvalue weighted by Crippen LogP contribution is -2.33. The molecule has 1 aliphatic carbocycles. The van der Waals surface area contributed by atoms with Crippen molar-refractivity contribution in [1.82, 2.24) is 0 Å². The molecule has 3 unspecified atom stereocenters. The molecule has 1 fully saturated rings. The largest absolute Gasteiger partial charge is 0.490 e. The lowest BCUT2D eigenvalue weighted by molar-refractivity contribution is -0.142. The zero-order valence-electron chi connectivity index (χ0n) is 11.0. The van der Waals surface area contributed by atoms with E-state index < -0.39 is 12.0 Å². The molecule has 0 bridgehead atoms. The summed E-state index contributed by atoms with van der Waals surface area (Å²) >= 11 is 0. The Hall–Kier alpha value is -1.81. The first-order valence-corrected chi connectivity index (χ1v) is 6.35. The van der Waals surface area contributed by atoms with Crippen LogP contribution in [0.25, 0.3) is 0 Å². The lowest BCUT2D eigenvalue weighted by Gasteiger charge is -2.10. The molecule has 2 N–H and O–H groups in total. The molecule has 0 aromatic heterocycles. The van der Waals surface area contributed by atoms with Gasteiger partial charge >= 0.3 is 5.97 Å². The normalized spacial score (nSPS) is 22.4. The number of methoxy groups -OCH3 is 1. The predicted octanol–water partition coefficient (Wildman–Crippen LogP) is 1.68. The molecule has 0 radical (unpaired) electrons. The summed E-state index contributed by atoms with van der Waals surface area (Å²) in [6, 6.07) is 7.02. The van der Waals surface area contributed by atoms with Crippen LogP contribution in [0.5, 0.6) is 5.75 Å². The zero-order valence-corrected chi connectivity index (χ0v) is 11.0. The summed E-state index contributed by atoms with van der Waals surface area (Å²) in [6.07, 6.45) is 3.69. The smallest absolute Gasteiger partial charge is 0.322 e. The van der Waals surface area contributed by atoms with Crippen molar-refractivity contribution in [3.8, 4) is 5.75 Å². The van der Waals surface area contributed by atoms with Gasteiger partial charge in [0.25, 0.3) is 0 Å². The Morgan fingerprint density at radius 1 is 1.53 bits per heavy atom. The van der Waals surface area contributed by atoms with Gasteiger partial charge in [-0.25, -0.2) is 0 Å². The molecule has 0 heterocycles. The van der Waals surface area contributed by atoms with Crippen LogP contribution in [0, 0.1) is 5.92 Å². The second kappa shape index (κ2) is 5.89. The van der Waals surface area contributed by atoms with Gasteiger partial charge in [0.2, 0.25) is 0 Å². The van der Waals surface area contributed by atoms with E-state index in [1.807, 2.05) is 30.3 Å². The quantitative estimate of drug-likeness (QED) is 0.625. The summed E-state index contributed by atoms with van der Waals surface area (Å²) in [5, 5.41) is 0. The Labute approximate surface area is 113 Å². The van der Waals surface area contributed by atoms with Crippen LogP contribution >= 0.6 is 0 Å². The van der Waals surface area contributed by atoms with Gasteiger partial charge in [0.15, 0.2) is 0 Å². The average Bonchev–Trinajstić information content (AvgIpc) is 3.18. The third-order valence-electron chi connectivity index (χ3n) is 3.25. The van der Waals surface area contributed by atoms with E-state index >= 15 is 0 Å². The maximum absolute atomic E-state index is 11.2. The summed E-state index contributed by atoms with van der Waals surface area (Å²) in [6.45, 7) is 3.75. The molecule has 0 saturated heterocycles. The first-order chi connectivity index (χ1) is 9.13. The number of hydrogen-bond donors (Lipinski definition) is 1. The van der Waals surface area contributed by atoms with Crippen LogP contribution in [-0.2, 0) is 16.0 Å². The number of esters is 1. The molecular formula is C15H19NO3. The summed E-state index contributed by atoms with van der Waals surface area (Å²) in [4.78, 5) is 11.2. The van der Waals surface area contributed by atoms with Gasteiger partial charge in [-0.3, -0.25) is 4.79 Å². The second-order valence-electron chi connectivity index (χ2n) is 4.77. The van der Waals surface area contributed by atoms with Crippen LogP contribution in [0.15, 0.2) is 36.9 Å². The maximum Gasteiger partial charge on any atom is 0.322 e. The van der Waals surface area contributed by atoms with E-state index in [9.17, 15) is 4.79 Å². The maximum atomic E-state index is 11.2. The van der Waals surface area contributed by atoms with Gasteiger partial charge in [-0.2, -0.15) is 0 Å². The number of benzene rings is 1. The number of carbonyl (C=O) groups excluding carboxylic acids is 1. The van der Waals surface area contributed by atoms with Gasteiger partial charge in [-0.1, -0.05) is 18.2 Å². The number of hydrogen-bond acceptors (Lipinski definition) is 4. The molecule has 1 aliphatic rings. The van der Waals surface area contributed by atoms with Crippen molar-refractivity contribution >= 4 is 5.97 Å². The van der Waals surface area contributed by atoms with E-state index in [2.05, 4.69) is 11.3 Å². The van der Waals surface area contributed by atoms with E-state index in [0.717, 1.165) is 17.7 Å². The van der Waals surface area contributed by atoms with Gasteiger partial charge < -0.3 is 15.2 Å². The Bertz CT molecular complexity index is 455. The molecule has 3 atom stereocenters. The van der Waals surface area contributed by atoms with E-state index in [-0.39, 0.29) is 6.10 Å². The van der Waals surface area contributed by atoms with Crippen molar-refractivity contribution in [3.63, 3.8) is 0 Å². The molecule has 0 aliphatic heterocycles. The lowest BCUT2D eigenvalue weighted by atomic mass is 10.1. The van der Waals surface area contributed by atoms with Crippen molar-refractivity contribution in [3.05, 3.63) is 42.5 Å². The molecule has 1 aromatic carbocycles. The SMILES string of the molecule is C=CC1CC1Oc1ccc(CC(N)C(=O)OC)cc1. The van der Waals surface area contributed by atoms with Crippen LogP contribution in [0.2, 0.25) is 0 Å². The highest BCUT2D eigenvalue weighted by molar-refractivity contribution is 5.75. The first-order valence-electron chi connectivity index (χ1n) is 6.35. The Morgan fingerprint density at radius 3 is 2.74 bits per heavy atom. The monoisotopic (exact) mass is 261 g/mol. The highest BCUT2D eigenvalue weighted by atomic mass is 16.5. The fourth-order valence-corrected chi connectivity index (χ4v) is 1.94. The van der Waals surface area contributed by atoms with Gasteiger partial charge in [0, 0.05) is 5.92 Å². The van der Waals surface area contributed by atoms with Crippen molar-refractivity contribution in [1.29, 1.82) is 0 Å². The molecule has 1 aromatic rings. The summed E-state index contributed by atoms with van der Waals surface area (Å²) in [7, 11) is 1.34. The van der Waals surface area contributed by atoms with Crippen LogP contribution in [0.3, 0.4) is 0 Å². The number of rotatable bonds is 6. The van der Waals surface area contributed by atoms with Crippen molar-refractivity contribution < 1.29 is 14.3 Å². The van der Waals surface area contributed by atoms with Crippen LogP contribution in [-0.4, -0.2) is 25.2 Å². The summed E-state index contributed by atoms with van der Waals surface area (Å²) < 4.78 is 10.4. The van der Waals surface area contributed by atoms with E-state index in [1.165, 1.54) is 7.11 Å². The van der Waals surface area contributed by atoms with E-state index in [0.29, 0.717) is 12.3 Å². The molecule has 19 heavy (non-hydrogen) atoms. The standard InChI is InChI=1S/C15H19NO3/c1-3-11-9-14(11)19-12-6-4-10(5-7-12)8-13(16)15(17)18-2/h3-7,11,13-14H,1,8-9,16H2,2H3. The third kappa shape index (κ3) is 3.58. The third-order valence-corrected chi connectivity index (χ3v) is 3.25. The fraction of sp³-hybridized carbons (Fsp3) is 0.400. The molecule has 0 spiro atoms. The summed E-state index contributed by atoms with van der Waals surface area (Å²) in [5.41, 5.74) is 6.70. The topological polar surface area (TPSA) is 61.5 Å². The number of ether oxygens (including phenoxy) is 2. The van der Waals surface area contributed by atoms with Gasteiger partial charge in [0.1, 0.15) is 17.9 Å². The molecule has 102 valence electrons. The zero-order chi connectivity index (χ0) is 13.8. The van der Waals surface area contributed by atoms with Crippen LogP contribution in [0.4, 0.5) is 0 Å². The molecule has 2 rings (SSSR count). The second-order valence-corrected chi connectivity index (χ2v) is 4.77. The minimum atomic E-state index is -0.620. The molecular weight excluding hydrogens is 242 g/mol. The van der Waals surface area contributed by atoms with Gasteiger partial charge in [-0.05, 0) is 30.5 Å². The first kappa shape index (κ1) is 13.6. The molecule has 4 nitrogen and oxygen atoms in total. The average molecular weight is 261 g/mol. The van der Waals surface area contributed by atoms with Gasteiger partial charge in [0.05, 0.1) is 7.11 Å². The Balaban J connectivity index is 1.88. The van der Waals surface area contributed by atoms with E-state index in [4.69, 9.17) is 10.5 Å². The van der Waals surface area contributed by atoms with Crippen molar-refractivity contribution in [2.45, 2.75) is 25.0 Å². The number of carbonyl (C=O) groups is 1. The van der Waals surface area contributed by atoms with Gasteiger partial charge in [-0.15, -0.1) is 6.58 Å². The van der Waals surface area contributed by atoms with E-state index in [1.54, 1.807) is 0 Å². The Morgan fingerprint density at radius 2 is 2.21 bits per heavy atom. The van der Waals surface area contributed by atoms with Crippen molar-refractivity contribution in [2.24, 2.45) is 11.7 Å². The predicted molar refractivity (Wildman–Crippen MR) is 72.9 cm³/mol. The molecule has 4 heteroatoms. The fourth-order valence-electron chi connectivity index (χ4n) is 1.94. The number of nitrogens with two attached hydrogens (primary N) is 1. The molecule has 0 amide bonds. The minimum absolute atomic E-state index is 0.265. The molecule has 1 saturated carbocycles. The minimum Gasteiger partial charge on any atom is -0.490 e. The van der Waals surface area contributed by atoms with Crippen LogP contribution < -0.4 is 10.5 Å². The van der Waals surface area contributed by atoms with Crippen molar-refractivity contribution in [2.75, 3.05) is 7.11 Å². The Kier molecular flexibility index (Phi) is 4.22. The van der Waals surface area contributed by atoms with Crippen LogP contribution in [0.1, 0.15) is 12.0 Å². The highest BCUT2D eigenvalue weighted by Gasteiger charge is 2.36. The highest BCUT2D eigenvalue weighted by Crippen LogP contribution is 2.35. The summed E-state index contributed by atoms with van der Waals surface area (Å²) in [5.74, 6) is 0.921.